The summed E-state index contributed by atoms with van der Waals surface area (Å²) in [5, 5.41) is 0. The van der Waals surface area contributed by atoms with Crippen LogP contribution in [0.15, 0.2) is 36.4 Å². The SMILES string of the molecule is Cc1cc(C)c(C(F)(F)F)c(Cc2ccccc2)c1C. The third-order valence-electron chi connectivity index (χ3n) is 3.68. The zero-order valence-corrected chi connectivity index (χ0v) is 11.8. The summed E-state index contributed by atoms with van der Waals surface area (Å²) in [5.41, 5.74) is 2.73. The van der Waals surface area contributed by atoms with E-state index in [1.54, 1.807) is 13.0 Å². The van der Waals surface area contributed by atoms with E-state index in [1.165, 1.54) is 6.92 Å². The highest BCUT2D eigenvalue weighted by atomic mass is 19.4. The van der Waals surface area contributed by atoms with Crippen LogP contribution in [0.2, 0.25) is 0 Å². The highest BCUT2D eigenvalue weighted by Gasteiger charge is 2.36. The molecule has 106 valence electrons. The minimum atomic E-state index is -4.31. The number of aryl methyl sites for hydroxylation is 2. The van der Waals surface area contributed by atoms with E-state index in [-0.39, 0.29) is 0 Å². The van der Waals surface area contributed by atoms with Crippen molar-refractivity contribution in [3.05, 3.63) is 69.8 Å². The topological polar surface area (TPSA) is 0 Å². The molecular formula is C17H17F3. The summed E-state index contributed by atoms with van der Waals surface area (Å²) in [4.78, 5) is 0. The first kappa shape index (κ1) is 14.6. The van der Waals surface area contributed by atoms with Crippen molar-refractivity contribution < 1.29 is 13.2 Å². The predicted molar refractivity (Wildman–Crippen MR) is 74.9 cm³/mol. The lowest BCUT2D eigenvalue weighted by atomic mass is 9.89. The van der Waals surface area contributed by atoms with Crippen LogP contribution >= 0.6 is 0 Å². The molecule has 2 rings (SSSR count). The maximum Gasteiger partial charge on any atom is 0.416 e. The molecule has 0 aromatic heterocycles. The fourth-order valence-corrected chi connectivity index (χ4v) is 2.58. The van der Waals surface area contributed by atoms with Crippen molar-refractivity contribution in [3.8, 4) is 0 Å². The number of alkyl halides is 3. The third kappa shape index (κ3) is 2.87. The number of halogens is 3. The second-order valence-corrected chi connectivity index (χ2v) is 5.15. The molecule has 0 fully saturated rings. The van der Waals surface area contributed by atoms with Gasteiger partial charge in [-0.2, -0.15) is 13.2 Å². The minimum Gasteiger partial charge on any atom is -0.166 e. The molecule has 0 saturated heterocycles. The van der Waals surface area contributed by atoms with Gasteiger partial charge in [0, 0.05) is 0 Å². The highest BCUT2D eigenvalue weighted by molar-refractivity contribution is 5.48. The Balaban J connectivity index is 2.61. The van der Waals surface area contributed by atoms with Gasteiger partial charge in [0.25, 0.3) is 0 Å². The second kappa shape index (κ2) is 5.31. The third-order valence-corrected chi connectivity index (χ3v) is 3.68. The molecule has 2 aromatic rings. The summed E-state index contributed by atoms with van der Waals surface area (Å²) < 4.78 is 40.0. The summed E-state index contributed by atoms with van der Waals surface area (Å²) in [7, 11) is 0. The summed E-state index contributed by atoms with van der Waals surface area (Å²) in [5.74, 6) is 0. The van der Waals surface area contributed by atoms with E-state index in [4.69, 9.17) is 0 Å². The maximum absolute atomic E-state index is 13.3. The van der Waals surface area contributed by atoms with Crippen LogP contribution in [-0.2, 0) is 12.6 Å². The van der Waals surface area contributed by atoms with Crippen LogP contribution < -0.4 is 0 Å². The van der Waals surface area contributed by atoms with Crippen molar-refractivity contribution >= 4 is 0 Å². The van der Waals surface area contributed by atoms with E-state index >= 15 is 0 Å². The van der Waals surface area contributed by atoms with Gasteiger partial charge in [-0.05, 0) is 55.0 Å². The van der Waals surface area contributed by atoms with Crippen LogP contribution in [0.4, 0.5) is 13.2 Å². The van der Waals surface area contributed by atoms with Crippen molar-refractivity contribution in [3.63, 3.8) is 0 Å². The maximum atomic E-state index is 13.3. The second-order valence-electron chi connectivity index (χ2n) is 5.15. The fourth-order valence-electron chi connectivity index (χ4n) is 2.58. The van der Waals surface area contributed by atoms with Gasteiger partial charge in [-0.15, -0.1) is 0 Å². The fraction of sp³-hybridized carbons (Fsp3) is 0.294. The van der Waals surface area contributed by atoms with Crippen molar-refractivity contribution in [2.45, 2.75) is 33.4 Å². The molecule has 0 bridgehead atoms. The standard InChI is InChI=1S/C17H17F3/c1-11-9-12(2)16(17(18,19)20)15(13(11)3)10-14-7-5-4-6-8-14/h4-9H,10H2,1-3H3. The summed E-state index contributed by atoms with van der Waals surface area (Å²) in [6.45, 7) is 5.16. The zero-order valence-electron chi connectivity index (χ0n) is 11.8. The average molecular weight is 278 g/mol. The number of hydrogen-bond donors (Lipinski definition) is 0. The molecule has 0 unspecified atom stereocenters. The lowest BCUT2D eigenvalue weighted by Gasteiger charge is -2.20. The van der Waals surface area contributed by atoms with Crippen LogP contribution in [0, 0.1) is 20.8 Å². The minimum absolute atomic E-state index is 0.298. The highest BCUT2D eigenvalue weighted by Crippen LogP contribution is 2.37. The van der Waals surface area contributed by atoms with E-state index in [2.05, 4.69) is 0 Å². The van der Waals surface area contributed by atoms with Crippen molar-refractivity contribution in [2.75, 3.05) is 0 Å². The Labute approximate surface area is 117 Å². The Hall–Kier alpha value is -1.77. The zero-order chi connectivity index (χ0) is 14.9. The molecule has 0 heterocycles. The van der Waals surface area contributed by atoms with Gasteiger partial charge in [-0.1, -0.05) is 36.4 Å². The van der Waals surface area contributed by atoms with E-state index in [0.29, 0.717) is 17.5 Å². The first-order valence-electron chi connectivity index (χ1n) is 6.51. The van der Waals surface area contributed by atoms with Gasteiger partial charge in [0.05, 0.1) is 5.56 Å². The normalized spacial score (nSPS) is 11.7. The average Bonchev–Trinajstić information content (AvgIpc) is 2.35. The molecule has 0 N–H and O–H groups in total. The molecule has 0 aliphatic rings. The van der Waals surface area contributed by atoms with E-state index in [0.717, 1.165) is 16.7 Å². The Bertz CT molecular complexity index is 610. The van der Waals surface area contributed by atoms with Crippen LogP contribution in [0.3, 0.4) is 0 Å². The molecule has 20 heavy (non-hydrogen) atoms. The molecule has 0 nitrogen and oxygen atoms in total. The van der Waals surface area contributed by atoms with Crippen molar-refractivity contribution in [1.29, 1.82) is 0 Å². The Morgan fingerprint density at radius 2 is 1.50 bits per heavy atom. The monoisotopic (exact) mass is 278 g/mol. The van der Waals surface area contributed by atoms with Gasteiger partial charge in [0.2, 0.25) is 0 Å². The Morgan fingerprint density at radius 3 is 2.05 bits per heavy atom. The smallest absolute Gasteiger partial charge is 0.166 e. The molecule has 0 saturated carbocycles. The van der Waals surface area contributed by atoms with Crippen LogP contribution in [0.25, 0.3) is 0 Å². The molecule has 0 aliphatic carbocycles. The van der Waals surface area contributed by atoms with Gasteiger partial charge >= 0.3 is 6.18 Å². The largest absolute Gasteiger partial charge is 0.416 e. The predicted octanol–water partition coefficient (Wildman–Crippen LogP) is 5.22. The quantitative estimate of drug-likeness (QED) is 0.706. The molecule has 0 aliphatic heterocycles. The molecule has 0 spiro atoms. The molecule has 0 radical (unpaired) electrons. The lowest BCUT2D eigenvalue weighted by molar-refractivity contribution is -0.138. The summed E-state index contributed by atoms with van der Waals surface area (Å²) >= 11 is 0. The van der Waals surface area contributed by atoms with Gasteiger partial charge in [0.15, 0.2) is 0 Å². The van der Waals surface area contributed by atoms with E-state index in [9.17, 15) is 13.2 Å². The first-order valence-corrected chi connectivity index (χ1v) is 6.51. The Kier molecular flexibility index (Phi) is 3.89. The number of rotatable bonds is 2. The van der Waals surface area contributed by atoms with Crippen molar-refractivity contribution in [2.24, 2.45) is 0 Å². The molecular weight excluding hydrogens is 261 g/mol. The van der Waals surface area contributed by atoms with Crippen LogP contribution in [-0.4, -0.2) is 0 Å². The molecule has 3 heteroatoms. The van der Waals surface area contributed by atoms with Gasteiger partial charge < -0.3 is 0 Å². The van der Waals surface area contributed by atoms with Crippen molar-refractivity contribution in [1.82, 2.24) is 0 Å². The van der Waals surface area contributed by atoms with Gasteiger partial charge in [-0.3, -0.25) is 0 Å². The van der Waals surface area contributed by atoms with E-state index < -0.39 is 11.7 Å². The number of benzene rings is 2. The molecule has 2 aromatic carbocycles. The summed E-state index contributed by atoms with van der Waals surface area (Å²) in [6.07, 6.45) is -4.00. The van der Waals surface area contributed by atoms with Gasteiger partial charge in [-0.25, -0.2) is 0 Å². The van der Waals surface area contributed by atoms with Crippen LogP contribution in [0.5, 0.6) is 0 Å². The number of hydrogen-bond acceptors (Lipinski definition) is 0. The molecule has 0 amide bonds. The first-order chi connectivity index (χ1) is 9.30. The molecule has 0 atom stereocenters. The van der Waals surface area contributed by atoms with Gasteiger partial charge in [0.1, 0.15) is 0 Å². The van der Waals surface area contributed by atoms with E-state index in [1.807, 2.05) is 37.3 Å². The summed E-state index contributed by atoms with van der Waals surface area (Å²) in [6, 6.07) is 10.9. The lowest BCUT2D eigenvalue weighted by Crippen LogP contribution is -2.14. The Morgan fingerprint density at radius 1 is 0.900 bits per heavy atom. The van der Waals surface area contributed by atoms with Crippen LogP contribution in [0.1, 0.15) is 33.4 Å².